The van der Waals surface area contributed by atoms with E-state index < -0.39 is 19.7 Å². The number of rotatable bonds is 3. The lowest BCUT2D eigenvalue weighted by atomic mass is 10.2. The molecule has 0 bridgehead atoms. The fraction of sp³-hybridized carbons (Fsp3) is 0.833. The minimum absolute atomic E-state index is 0.105. The third-order valence-electron chi connectivity index (χ3n) is 5.17. The molecule has 0 saturated carbocycles. The van der Waals surface area contributed by atoms with Gasteiger partial charge in [0, 0.05) is 13.1 Å². The molecule has 0 spiro atoms. The Bertz CT molecular complexity index is 743. The second kappa shape index (κ2) is 5.39. The van der Waals surface area contributed by atoms with Crippen LogP contribution in [0.25, 0.3) is 0 Å². The molecule has 0 unspecified atom stereocenters. The molecule has 134 valence electrons. The van der Waals surface area contributed by atoms with Crippen LogP contribution in [-0.2, 0) is 19.7 Å². The molecule has 0 amide bonds. The van der Waals surface area contributed by atoms with Gasteiger partial charge in [0.25, 0.3) is 0 Å². The first kappa shape index (κ1) is 16.7. The molecule has 4 heterocycles. The number of hydrogen-bond acceptors (Lipinski definition) is 6. The lowest BCUT2D eigenvalue weighted by Gasteiger charge is -2.29. The van der Waals surface area contributed by atoms with Crippen molar-refractivity contribution in [1.29, 1.82) is 0 Å². The zero-order chi connectivity index (χ0) is 17.3. The van der Waals surface area contributed by atoms with Crippen LogP contribution in [0.3, 0.4) is 0 Å². The molecule has 0 aromatic carbocycles. The van der Waals surface area contributed by atoms with Crippen molar-refractivity contribution in [3.63, 3.8) is 0 Å². The summed E-state index contributed by atoms with van der Waals surface area (Å²) in [6.07, 6.45) is 0. The van der Waals surface area contributed by atoms with Crippen LogP contribution in [0.1, 0.15) is 0 Å². The van der Waals surface area contributed by atoms with Crippen LogP contribution in [0.2, 0.25) is 0 Å². The second-order valence-corrected chi connectivity index (χ2v) is 11.9. The highest BCUT2D eigenvalue weighted by Gasteiger charge is 2.49. The monoisotopic (exact) mass is 410 g/mol. The van der Waals surface area contributed by atoms with Crippen molar-refractivity contribution in [2.45, 2.75) is 24.2 Å². The van der Waals surface area contributed by atoms with Crippen LogP contribution < -0.4 is 10.6 Å². The topological polar surface area (TPSA) is 98.8 Å². The largest absolute Gasteiger partial charge is 0.357 e. The summed E-state index contributed by atoms with van der Waals surface area (Å²) in [5.41, 5.74) is 0. The lowest BCUT2D eigenvalue weighted by Crippen LogP contribution is -2.45. The molecular weight excluding hydrogens is 392 g/mol. The molecule has 0 aromatic heterocycles. The molecule has 4 saturated heterocycles. The normalized spacial score (nSPS) is 38.8. The smallest absolute Gasteiger partial charge is 0.169 e. The number of nitrogens with one attached hydrogen (secondary N) is 2. The first-order chi connectivity index (χ1) is 11.2. The summed E-state index contributed by atoms with van der Waals surface area (Å²) in [4.78, 5) is 3.81. The summed E-state index contributed by atoms with van der Waals surface area (Å²) < 4.78 is 47.2. The Hall–Kier alpha value is -0.720. The highest BCUT2D eigenvalue weighted by atomic mass is 32.2. The van der Waals surface area contributed by atoms with Crippen LogP contribution in [0, 0.1) is 0 Å². The summed E-state index contributed by atoms with van der Waals surface area (Å²) >= 11 is 10.7. The fourth-order valence-electron chi connectivity index (χ4n) is 4.08. The fourth-order valence-corrected chi connectivity index (χ4v) is 8.68. The molecule has 0 aliphatic carbocycles. The standard InChI is InChI=1S/C12H18N4O4S4/c17-23(18)3-7-9(5-23)15(11(21)13-7)1-2-16-10-6-24(19,20)4-8(10)14-12(16)22/h7-10H,1-6H2,(H,13,21)(H,14,22)/t7-,8-,9-,10+/m0/s1. The highest BCUT2D eigenvalue weighted by molar-refractivity contribution is 7.92. The van der Waals surface area contributed by atoms with Gasteiger partial charge in [-0.15, -0.1) is 0 Å². The van der Waals surface area contributed by atoms with Crippen molar-refractivity contribution in [3.8, 4) is 0 Å². The highest BCUT2D eigenvalue weighted by Crippen LogP contribution is 2.26. The quantitative estimate of drug-likeness (QED) is 0.494. The Morgan fingerprint density at radius 3 is 1.54 bits per heavy atom. The van der Waals surface area contributed by atoms with Crippen molar-refractivity contribution >= 4 is 54.3 Å². The average Bonchev–Trinajstić information content (AvgIpc) is 3.05. The van der Waals surface area contributed by atoms with Gasteiger partial charge in [-0.25, -0.2) is 16.8 Å². The van der Waals surface area contributed by atoms with E-state index in [2.05, 4.69) is 10.6 Å². The van der Waals surface area contributed by atoms with Crippen molar-refractivity contribution < 1.29 is 16.8 Å². The molecular formula is C12H18N4O4S4. The maximum atomic E-state index is 11.8. The zero-order valence-corrected chi connectivity index (χ0v) is 16.0. The van der Waals surface area contributed by atoms with Crippen LogP contribution in [0.5, 0.6) is 0 Å². The molecule has 4 aliphatic rings. The van der Waals surface area contributed by atoms with E-state index >= 15 is 0 Å². The van der Waals surface area contributed by atoms with E-state index in [1.807, 2.05) is 9.80 Å². The number of fused-ring (bicyclic) bond motifs is 2. The summed E-state index contributed by atoms with van der Waals surface area (Å²) in [7, 11) is -6.07. The Kier molecular flexibility index (Phi) is 3.76. The van der Waals surface area contributed by atoms with Gasteiger partial charge in [0.15, 0.2) is 29.9 Å². The molecule has 4 atom stereocenters. The van der Waals surface area contributed by atoms with Crippen molar-refractivity contribution in [2.75, 3.05) is 36.1 Å². The Morgan fingerprint density at radius 1 is 0.792 bits per heavy atom. The molecule has 12 heteroatoms. The average molecular weight is 411 g/mol. The van der Waals surface area contributed by atoms with Gasteiger partial charge < -0.3 is 20.4 Å². The Balaban J connectivity index is 1.45. The van der Waals surface area contributed by atoms with Crippen LogP contribution >= 0.6 is 24.4 Å². The van der Waals surface area contributed by atoms with Crippen molar-refractivity contribution in [2.24, 2.45) is 0 Å². The number of nitrogens with zero attached hydrogens (tertiary/aromatic N) is 2. The van der Waals surface area contributed by atoms with E-state index in [1.54, 1.807) is 0 Å². The molecule has 0 aromatic rings. The van der Waals surface area contributed by atoms with Crippen molar-refractivity contribution in [3.05, 3.63) is 0 Å². The minimum atomic E-state index is -3.03. The van der Waals surface area contributed by atoms with Crippen LogP contribution in [-0.4, -0.2) is 97.1 Å². The minimum Gasteiger partial charge on any atom is -0.357 e. The van der Waals surface area contributed by atoms with Gasteiger partial charge in [0.05, 0.1) is 47.2 Å². The number of thiocarbonyl (C=S) groups is 2. The summed E-state index contributed by atoms with van der Waals surface area (Å²) in [5, 5.41) is 7.29. The predicted octanol–water partition coefficient (Wildman–Crippen LogP) is -2.30. The van der Waals surface area contributed by atoms with Gasteiger partial charge in [0.1, 0.15) is 0 Å². The number of hydrogen-bond donors (Lipinski definition) is 2. The summed E-state index contributed by atoms with van der Waals surface area (Å²) in [6, 6.07) is -0.582. The Morgan fingerprint density at radius 2 is 1.17 bits per heavy atom. The maximum absolute atomic E-state index is 11.8. The predicted molar refractivity (Wildman–Crippen MR) is 97.3 cm³/mol. The molecule has 4 rings (SSSR count). The van der Waals surface area contributed by atoms with Gasteiger partial charge >= 0.3 is 0 Å². The summed E-state index contributed by atoms with van der Waals surface area (Å²) in [5.74, 6) is 0.434. The molecule has 4 aliphatic heterocycles. The zero-order valence-electron chi connectivity index (χ0n) is 12.7. The van der Waals surface area contributed by atoms with E-state index in [1.165, 1.54) is 0 Å². The SMILES string of the molecule is O=S1(=O)C[C@@H]2NC(=S)N(CCN3C(=S)N[C@H]4CS(=O)(=O)C[C@@H]43)[C@@H]2C1. The molecule has 0 radical (unpaired) electrons. The molecule has 4 fully saturated rings. The van der Waals surface area contributed by atoms with Gasteiger partial charge in [-0.3, -0.25) is 0 Å². The number of sulfone groups is 2. The maximum Gasteiger partial charge on any atom is 0.169 e. The first-order valence-electron chi connectivity index (χ1n) is 7.70. The van der Waals surface area contributed by atoms with E-state index in [0.717, 1.165) is 0 Å². The Labute approximate surface area is 151 Å². The van der Waals surface area contributed by atoms with Gasteiger partial charge in [-0.05, 0) is 24.4 Å². The van der Waals surface area contributed by atoms with E-state index in [0.29, 0.717) is 23.3 Å². The van der Waals surface area contributed by atoms with E-state index in [9.17, 15) is 16.8 Å². The molecule has 8 nitrogen and oxygen atoms in total. The van der Waals surface area contributed by atoms with E-state index in [-0.39, 0.29) is 47.2 Å². The van der Waals surface area contributed by atoms with Crippen molar-refractivity contribution in [1.82, 2.24) is 20.4 Å². The third kappa shape index (κ3) is 2.76. The van der Waals surface area contributed by atoms with Gasteiger partial charge in [-0.2, -0.15) is 0 Å². The second-order valence-electron chi connectivity index (χ2n) is 6.79. The van der Waals surface area contributed by atoms with Crippen LogP contribution in [0.4, 0.5) is 0 Å². The first-order valence-corrected chi connectivity index (χ1v) is 12.2. The summed E-state index contributed by atoms with van der Waals surface area (Å²) in [6.45, 7) is 1.04. The van der Waals surface area contributed by atoms with Gasteiger partial charge in [-0.1, -0.05) is 0 Å². The molecule has 2 N–H and O–H groups in total. The van der Waals surface area contributed by atoms with Crippen LogP contribution in [0.15, 0.2) is 0 Å². The van der Waals surface area contributed by atoms with Gasteiger partial charge in [0.2, 0.25) is 0 Å². The molecule has 24 heavy (non-hydrogen) atoms. The third-order valence-corrected chi connectivity index (χ3v) is 9.30. The lowest BCUT2D eigenvalue weighted by molar-refractivity contribution is 0.286. The van der Waals surface area contributed by atoms with E-state index in [4.69, 9.17) is 24.4 Å².